The van der Waals surface area contributed by atoms with Crippen molar-refractivity contribution >= 4 is 35.2 Å². The summed E-state index contributed by atoms with van der Waals surface area (Å²) in [6, 6.07) is 9.78. The number of hydrogen-bond acceptors (Lipinski definition) is 8. The average molecular weight is 386 g/mol. The first-order valence-corrected chi connectivity index (χ1v) is 8.57. The fourth-order valence-corrected chi connectivity index (χ4v) is 2.16. The van der Waals surface area contributed by atoms with E-state index >= 15 is 0 Å². The van der Waals surface area contributed by atoms with Gasteiger partial charge in [0.2, 0.25) is 0 Å². The van der Waals surface area contributed by atoms with Gasteiger partial charge in [0, 0.05) is 13.1 Å². The number of methoxy groups -OCH3 is 1. The molecule has 10 nitrogen and oxygen atoms in total. The Labute approximate surface area is 162 Å². The van der Waals surface area contributed by atoms with Crippen LogP contribution in [-0.2, 0) is 4.74 Å². The Kier molecular flexibility index (Phi) is 7.26. The summed E-state index contributed by atoms with van der Waals surface area (Å²) < 4.78 is 9.97. The third-order valence-electron chi connectivity index (χ3n) is 3.65. The van der Waals surface area contributed by atoms with E-state index in [-0.39, 0.29) is 23.1 Å². The molecule has 0 aliphatic rings. The van der Waals surface area contributed by atoms with E-state index in [9.17, 15) is 9.59 Å². The number of benzene rings is 1. The van der Waals surface area contributed by atoms with Crippen LogP contribution >= 0.6 is 0 Å². The van der Waals surface area contributed by atoms with Gasteiger partial charge in [-0.2, -0.15) is 0 Å². The molecule has 2 amide bonds. The van der Waals surface area contributed by atoms with Crippen LogP contribution in [0.15, 0.2) is 46.6 Å². The molecule has 1 aromatic carbocycles. The summed E-state index contributed by atoms with van der Waals surface area (Å²) in [4.78, 5) is 29.2. The number of rotatable bonds is 6. The molecule has 0 aliphatic carbocycles. The number of nitrogen functional groups attached to an aromatic ring is 1. The van der Waals surface area contributed by atoms with Gasteiger partial charge in [-0.25, -0.2) is 14.6 Å². The van der Waals surface area contributed by atoms with E-state index in [1.54, 1.807) is 30.3 Å². The molecule has 0 fully saturated rings. The normalized spacial score (nSPS) is 10.5. The van der Waals surface area contributed by atoms with Crippen LogP contribution in [0.25, 0.3) is 0 Å². The lowest BCUT2D eigenvalue weighted by molar-refractivity contribution is 0.157. The highest BCUT2D eigenvalue weighted by Gasteiger charge is 2.14. The number of nitrogens with two attached hydrogens (primary N) is 1. The Morgan fingerprint density at radius 3 is 2.46 bits per heavy atom. The number of carbonyl (C=O) groups excluding carboxylic acids is 2. The summed E-state index contributed by atoms with van der Waals surface area (Å²) in [6.07, 6.45) is -1.20. The molecular formula is C18H22N6O4. The second kappa shape index (κ2) is 9.86. The fraction of sp³-hybridized carbons (Fsp3) is 0.278. The predicted octanol–water partition coefficient (Wildman–Crippen LogP) is 4.10. The van der Waals surface area contributed by atoms with Gasteiger partial charge in [-0.05, 0) is 38.1 Å². The number of pyridine rings is 1. The molecule has 1 aromatic heterocycles. The van der Waals surface area contributed by atoms with Gasteiger partial charge in [-0.1, -0.05) is 12.1 Å². The number of nitrogens with one attached hydrogen (secondary N) is 1. The molecule has 0 unspecified atom stereocenters. The molecule has 1 heterocycles. The molecule has 10 heteroatoms. The lowest BCUT2D eigenvalue weighted by Gasteiger charge is -2.18. The smallest absolute Gasteiger partial charge is 0.415 e. The molecule has 2 aromatic rings. The molecular weight excluding hydrogens is 364 g/mol. The van der Waals surface area contributed by atoms with Crippen LogP contribution in [0.5, 0.6) is 5.75 Å². The maximum absolute atomic E-state index is 12.2. The number of anilines is 2. The molecule has 28 heavy (non-hydrogen) atoms. The lowest BCUT2D eigenvalue weighted by Crippen LogP contribution is -2.33. The van der Waals surface area contributed by atoms with Crippen LogP contribution < -0.4 is 15.8 Å². The molecule has 0 radical (unpaired) electrons. The number of nitrogens with zero attached hydrogens (tertiary/aromatic N) is 4. The van der Waals surface area contributed by atoms with Gasteiger partial charge in [0.15, 0.2) is 11.6 Å². The number of amides is 2. The minimum Gasteiger partial charge on any atom is -0.453 e. The van der Waals surface area contributed by atoms with Crippen LogP contribution in [0, 0.1) is 0 Å². The summed E-state index contributed by atoms with van der Waals surface area (Å²) in [5, 5.41) is 10.6. The molecule has 3 N–H and O–H groups in total. The van der Waals surface area contributed by atoms with Crippen molar-refractivity contribution in [3.05, 3.63) is 36.4 Å². The Bertz CT molecular complexity index is 867. The highest BCUT2D eigenvalue weighted by atomic mass is 16.6. The molecule has 0 bridgehead atoms. The molecule has 0 saturated heterocycles. The molecule has 148 valence electrons. The monoisotopic (exact) mass is 386 g/mol. The maximum Gasteiger partial charge on any atom is 0.415 e. The minimum atomic E-state index is -0.719. The van der Waals surface area contributed by atoms with E-state index in [1.165, 1.54) is 18.1 Å². The SMILES string of the molecule is CCN(CC)C(=O)Oc1ccccc1/N=N/c1ccc(N)nc1NC(=O)OC. The van der Waals surface area contributed by atoms with Crippen molar-refractivity contribution in [1.82, 2.24) is 9.88 Å². The van der Waals surface area contributed by atoms with Gasteiger partial charge in [0.25, 0.3) is 0 Å². The third kappa shape index (κ3) is 5.40. The van der Waals surface area contributed by atoms with E-state index in [1.807, 2.05) is 13.8 Å². The Balaban J connectivity index is 2.28. The van der Waals surface area contributed by atoms with E-state index in [2.05, 4.69) is 25.3 Å². The maximum atomic E-state index is 12.2. The van der Waals surface area contributed by atoms with Crippen molar-refractivity contribution in [2.75, 3.05) is 31.2 Å². The minimum absolute atomic E-state index is 0.0909. The van der Waals surface area contributed by atoms with E-state index < -0.39 is 12.2 Å². The topological polar surface area (TPSA) is 132 Å². The second-order valence-electron chi connectivity index (χ2n) is 5.43. The van der Waals surface area contributed by atoms with Crippen LogP contribution in [0.2, 0.25) is 0 Å². The fourth-order valence-electron chi connectivity index (χ4n) is 2.16. The van der Waals surface area contributed by atoms with Crippen molar-refractivity contribution in [3.8, 4) is 5.75 Å². The molecule has 0 atom stereocenters. The van der Waals surface area contributed by atoms with Gasteiger partial charge < -0.3 is 20.1 Å². The Hall–Kier alpha value is -3.69. The number of carbonyl (C=O) groups is 2. The number of azo groups is 1. The highest BCUT2D eigenvalue weighted by molar-refractivity contribution is 5.87. The zero-order chi connectivity index (χ0) is 20.5. The van der Waals surface area contributed by atoms with Crippen molar-refractivity contribution in [2.45, 2.75) is 13.8 Å². The predicted molar refractivity (Wildman–Crippen MR) is 104 cm³/mol. The Morgan fingerprint density at radius 1 is 1.11 bits per heavy atom. The second-order valence-corrected chi connectivity index (χ2v) is 5.43. The summed E-state index contributed by atoms with van der Waals surface area (Å²) in [7, 11) is 1.23. The molecule has 0 spiro atoms. The third-order valence-corrected chi connectivity index (χ3v) is 3.65. The first-order chi connectivity index (χ1) is 13.5. The van der Waals surface area contributed by atoms with Crippen LogP contribution in [0.4, 0.5) is 32.6 Å². The molecule has 0 saturated carbocycles. The standard InChI is InChI=1S/C18H22N6O4/c1-4-24(5-2)18(26)28-14-9-7-6-8-12(14)22-23-13-10-11-15(19)20-16(13)21-17(25)27-3/h6-11H,4-5H2,1-3H3,(H3,19,20,21,25)/b23-22+. The van der Waals surface area contributed by atoms with Crippen molar-refractivity contribution in [3.63, 3.8) is 0 Å². The number of hydrogen-bond donors (Lipinski definition) is 2. The van der Waals surface area contributed by atoms with E-state index in [4.69, 9.17) is 10.5 Å². The van der Waals surface area contributed by atoms with Crippen molar-refractivity contribution in [1.29, 1.82) is 0 Å². The number of para-hydroxylation sites is 1. The largest absolute Gasteiger partial charge is 0.453 e. The zero-order valence-electron chi connectivity index (χ0n) is 15.9. The van der Waals surface area contributed by atoms with Gasteiger partial charge in [0.05, 0.1) is 7.11 Å². The van der Waals surface area contributed by atoms with Gasteiger partial charge in [0.1, 0.15) is 17.2 Å². The number of ether oxygens (including phenoxy) is 2. The lowest BCUT2D eigenvalue weighted by atomic mass is 10.3. The van der Waals surface area contributed by atoms with Crippen LogP contribution in [0.1, 0.15) is 13.8 Å². The van der Waals surface area contributed by atoms with E-state index in [0.29, 0.717) is 18.8 Å². The van der Waals surface area contributed by atoms with Gasteiger partial charge in [-0.15, -0.1) is 10.2 Å². The molecule has 2 rings (SSSR count). The molecule has 0 aliphatic heterocycles. The summed E-state index contributed by atoms with van der Waals surface area (Å²) >= 11 is 0. The number of aromatic nitrogens is 1. The summed E-state index contributed by atoms with van der Waals surface area (Å²) in [5.74, 6) is 0.543. The zero-order valence-corrected chi connectivity index (χ0v) is 15.9. The van der Waals surface area contributed by atoms with Crippen LogP contribution in [-0.4, -0.2) is 42.3 Å². The quantitative estimate of drug-likeness (QED) is 0.719. The summed E-state index contributed by atoms with van der Waals surface area (Å²) in [6.45, 7) is 4.78. The van der Waals surface area contributed by atoms with Crippen molar-refractivity contribution in [2.24, 2.45) is 10.2 Å². The average Bonchev–Trinajstić information content (AvgIpc) is 2.69. The van der Waals surface area contributed by atoms with Gasteiger partial charge in [-0.3, -0.25) is 5.32 Å². The Morgan fingerprint density at radius 2 is 1.79 bits per heavy atom. The van der Waals surface area contributed by atoms with E-state index in [0.717, 1.165) is 0 Å². The first kappa shape index (κ1) is 20.6. The van der Waals surface area contributed by atoms with Crippen molar-refractivity contribution < 1.29 is 19.1 Å². The van der Waals surface area contributed by atoms with Gasteiger partial charge >= 0.3 is 12.2 Å². The first-order valence-electron chi connectivity index (χ1n) is 8.57. The summed E-state index contributed by atoms with van der Waals surface area (Å²) in [5.41, 5.74) is 6.24. The van der Waals surface area contributed by atoms with Crippen LogP contribution in [0.3, 0.4) is 0 Å². The highest BCUT2D eigenvalue weighted by Crippen LogP contribution is 2.31.